The summed E-state index contributed by atoms with van der Waals surface area (Å²) in [5.74, 6) is 2.67. The van der Waals surface area contributed by atoms with Crippen molar-refractivity contribution in [1.82, 2.24) is 0 Å². The van der Waals surface area contributed by atoms with Crippen molar-refractivity contribution in [3.8, 4) is 0 Å². The molecule has 2 heterocycles. The fourth-order valence-electron chi connectivity index (χ4n) is 9.37. The SMILES string of the molecule is CC1([C@H]2CC[C@H]3[C@@H]4CC=C5C[C@@H](O[C@@H]6CCCCO6)CC[C@]5(C)[C@H]4CC[C@]23C)OCCO1. The Morgan fingerprint density at radius 2 is 1.72 bits per heavy atom. The van der Waals surface area contributed by atoms with E-state index in [1.54, 1.807) is 5.57 Å². The monoisotopic (exact) mass is 444 g/mol. The molecule has 0 aromatic carbocycles. The topological polar surface area (TPSA) is 36.9 Å². The minimum atomic E-state index is -0.355. The Morgan fingerprint density at radius 1 is 0.875 bits per heavy atom. The molecule has 32 heavy (non-hydrogen) atoms. The Labute approximate surface area is 194 Å². The molecule has 0 N–H and O–H groups in total. The summed E-state index contributed by atoms with van der Waals surface area (Å²) in [6, 6.07) is 0. The normalized spacial score (nSPS) is 50.3. The molecular formula is C28H44O4. The third-order valence-electron chi connectivity index (χ3n) is 11.0. The van der Waals surface area contributed by atoms with Crippen molar-refractivity contribution in [1.29, 1.82) is 0 Å². The van der Waals surface area contributed by atoms with E-state index in [9.17, 15) is 0 Å². The van der Waals surface area contributed by atoms with Crippen LogP contribution in [0.25, 0.3) is 0 Å². The van der Waals surface area contributed by atoms with E-state index in [2.05, 4.69) is 26.8 Å². The molecule has 0 unspecified atom stereocenters. The zero-order valence-electron chi connectivity index (χ0n) is 20.6. The first kappa shape index (κ1) is 22.1. The van der Waals surface area contributed by atoms with Gasteiger partial charge in [-0.05, 0) is 106 Å². The van der Waals surface area contributed by atoms with E-state index < -0.39 is 0 Å². The maximum atomic E-state index is 6.44. The van der Waals surface area contributed by atoms with Crippen molar-refractivity contribution in [2.45, 2.75) is 110 Å². The third-order valence-corrected chi connectivity index (χ3v) is 11.0. The Bertz CT molecular complexity index is 736. The molecule has 3 saturated carbocycles. The van der Waals surface area contributed by atoms with Crippen LogP contribution >= 0.6 is 0 Å². The highest BCUT2D eigenvalue weighted by atomic mass is 16.7. The van der Waals surface area contributed by atoms with Gasteiger partial charge in [-0.3, -0.25) is 0 Å². The van der Waals surface area contributed by atoms with Crippen LogP contribution in [0, 0.1) is 34.5 Å². The second-order valence-corrected chi connectivity index (χ2v) is 12.4. The molecule has 4 heteroatoms. The summed E-state index contributed by atoms with van der Waals surface area (Å²) in [6.07, 6.45) is 16.8. The zero-order valence-corrected chi connectivity index (χ0v) is 20.6. The van der Waals surface area contributed by atoms with E-state index >= 15 is 0 Å². The van der Waals surface area contributed by atoms with Crippen LogP contribution in [0.5, 0.6) is 0 Å². The average molecular weight is 445 g/mol. The number of fused-ring (bicyclic) bond motifs is 5. The van der Waals surface area contributed by atoms with Gasteiger partial charge in [0.05, 0.1) is 19.3 Å². The first-order valence-corrected chi connectivity index (χ1v) is 13.7. The quantitative estimate of drug-likeness (QED) is 0.483. The number of ether oxygens (including phenoxy) is 4. The van der Waals surface area contributed by atoms with E-state index in [4.69, 9.17) is 18.9 Å². The first-order valence-electron chi connectivity index (χ1n) is 13.7. The Balaban J connectivity index is 1.19. The van der Waals surface area contributed by atoms with Crippen LogP contribution in [-0.4, -0.2) is 38.0 Å². The molecule has 4 nitrogen and oxygen atoms in total. The van der Waals surface area contributed by atoms with Crippen LogP contribution in [0.2, 0.25) is 0 Å². The van der Waals surface area contributed by atoms with Crippen LogP contribution in [0.3, 0.4) is 0 Å². The van der Waals surface area contributed by atoms with Gasteiger partial charge < -0.3 is 18.9 Å². The summed E-state index contributed by atoms with van der Waals surface area (Å²) in [5.41, 5.74) is 2.44. The van der Waals surface area contributed by atoms with Gasteiger partial charge in [-0.2, -0.15) is 0 Å². The lowest BCUT2D eigenvalue weighted by Crippen LogP contribution is -2.53. The highest BCUT2D eigenvalue weighted by Crippen LogP contribution is 2.68. The lowest BCUT2D eigenvalue weighted by molar-refractivity contribution is -0.215. The summed E-state index contributed by atoms with van der Waals surface area (Å²) >= 11 is 0. The van der Waals surface area contributed by atoms with E-state index in [-0.39, 0.29) is 12.1 Å². The number of hydrogen-bond donors (Lipinski definition) is 0. The highest BCUT2D eigenvalue weighted by Gasteiger charge is 2.62. The molecule has 0 radical (unpaired) electrons. The molecule has 0 aromatic heterocycles. The molecule has 4 aliphatic carbocycles. The molecule has 180 valence electrons. The van der Waals surface area contributed by atoms with Crippen molar-refractivity contribution in [2.75, 3.05) is 19.8 Å². The molecular weight excluding hydrogens is 400 g/mol. The summed E-state index contributed by atoms with van der Waals surface area (Å²) in [7, 11) is 0. The van der Waals surface area contributed by atoms with Crippen LogP contribution in [0.15, 0.2) is 11.6 Å². The minimum absolute atomic E-state index is 0.0437. The molecule has 5 fully saturated rings. The van der Waals surface area contributed by atoms with E-state index in [1.165, 1.54) is 57.8 Å². The second kappa shape index (κ2) is 8.07. The largest absolute Gasteiger partial charge is 0.353 e. The van der Waals surface area contributed by atoms with Gasteiger partial charge in [0.25, 0.3) is 0 Å². The average Bonchev–Trinajstić information content (AvgIpc) is 3.38. The molecule has 0 aromatic rings. The maximum absolute atomic E-state index is 6.44. The Hall–Kier alpha value is -0.420. The molecule has 2 aliphatic heterocycles. The summed E-state index contributed by atoms with van der Waals surface area (Å²) in [4.78, 5) is 0. The van der Waals surface area contributed by atoms with Crippen molar-refractivity contribution >= 4 is 0 Å². The van der Waals surface area contributed by atoms with E-state index in [1.807, 2.05) is 0 Å². The predicted molar refractivity (Wildman–Crippen MR) is 124 cm³/mol. The van der Waals surface area contributed by atoms with Crippen LogP contribution in [0.1, 0.15) is 91.4 Å². The van der Waals surface area contributed by atoms with E-state index in [0.29, 0.717) is 22.9 Å². The molecule has 0 spiro atoms. The molecule has 6 rings (SSSR count). The number of rotatable bonds is 3. The third kappa shape index (κ3) is 3.38. The smallest absolute Gasteiger partial charge is 0.169 e. The number of allylic oxidation sites excluding steroid dienone is 1. The first-order chi connectivity index (χ1) is 15.4. The zero-order chi connectivity index (χ0) is 22.0. The van der Waals surface area contributed by atoms with Crippen molar-refractivity contribution in [3.05, 3.63) is 11.6 Å². The lowest BCUT2D eigenvalue weighted by atomic mass is 9.47. The lowest BCUT2D eigenvalue weighted by Gasteiger charge is -2.59. The van der Waals surface area contributed by atoms with Gasteiger partial charge in [-0.1, -0.05) is 25.5 Å². The van der Waals surface area contributed by atoms with Gasteiger partial charge in [0, 0.05) is 12.5 Å². The summed E-state index contributed by atoms with van der Waals surface area (Å²) in [5, 5.41) is 0. The fourth-order valence-corrected chi connectivity index (χ4v) is 9.37. The molecule has 0 amide bonds. The van der Waals surface area contributed by atoms with Gasteiger partial charge in [0.15, 0.2) is 12.1 Å². The minimum Gasteiger partial charge on any atom is -0.353 e. The van der Waals surface area contributed by atoms with Gasteiger partial charge in [0.1, 0.15) is 0 Å². The fraction of sp³-hybridized carbons (Fsp3) is 0.929. The van der Waals surface area contributed by atoms with Gasteiger partial charge in [-0.25, -0.2) is 0 Å². The highest BCUT2D eigenvalue weighted by molar-refractivity contribution is 5.25. The standard InChI is InChI=1S/C28H44O4/c1-26-13-11-20(32-25-6-4-5-15-29-25)18-19(26)7-8-21-22-9-10-24(28(3)30-16-17-31-28)27(22,2)14-12-23(21)26/h7,20-25H,4-6,8-18H2,1-3H3/t20-,21-,22-,23-,24-,25+,26-,27-/m0/s1. The molecule has 2 saturated heterocycles. The van der Waals surface area contributed by atoms with Gasteiger partial charge in [0.2, 0.25) is 0 Å². The Kier molecular flexibility index (Phi) is 5.57. The van der Waals surface area contributed by atoms with E-state index in [0.717, 1.165) is 50.4 Å². The molecule has 0 bridgehead atoms. The molecule has 8 atom stereocenters. The van der Waals surface area contributed by atoms with Crippen LogP contribution in [0.4, 0.5) is 0 Å². The van der Waals surface area contributed by atoms with Gasteiger partial charge in [-0.15, -0.1) is 0 Å². The van der Waals surface area contributed by atoms with Crippen LogP contribution in [-0.2, 0) is 18.9 Å². The summed E-state index contributed by atoms with van der Waals surface area (Å²) < 4.78 is 24.7. The summed E-state index contributed by atoms with van der Waals surface area (Å²) in [6.45, 7) is 9.80. The van der Waals surface area contributed by atoms with Crippen molar-refractivity contribution in [2.24, 2.45) is 34.5 Å². The van der Waals surface area contributed by atoms with Crippen molar-refractivity contribution in [3.63, 3.8) is 0 Å². The number of hydrogen-bond acceptors (Lipinski definition) is 4. The van der Waals surface area contributed by atoms with Crippen LogP contribution < -0.4 is 0 Å². The van der Waals surface area contributed by atoms with Crippen molar-refractivity contribution < 1.29 is 18.9 Å². The Morgan fingerprint density at radius 3 is 2.50 bits per heavy atom. The van der Waals surface area contributed by atoms with Gasteiger partial charge >= 0.3 is 0 Å². The maximum Gasteiger partial charge on any atom is 0.169 e. The molecule has 6 aliphatic rings. The predicted octanol–water partition coefficient (Wildman–Crippen LogP) is 6.24. The second-order valence-electron chi connectivity index (χ2n) is 12.4.